The summed E-state index contributed by atoms with van der Waals surface area (Å²) in [5.41, 5.74) is 1.03. The third-order valence-electron chi connectivity index (χ3n) is 1.81. The fourth-order valence-corrected chi connectivity index (χ4v) is 1.20. The van der Waals surface area contributed by atoms with Crippen molar-refractivity contribution in [2.75, 3.05) is 0 Å². The number of allylic oxidation sites excluding steroid dienone is 2. The molecule has 0 aromatic heterocycles. The molecule has 0 amide bonds. The van der Waals surface area contributed by atoms with Gasteiger partial charge in [-0.15, -0.1) is 0 Å². The van der Waals surface area contributed by atoms with Gasteiger partial charge in [0.1, 0.15) is 0 Å². The molecule has 1 radical (unpaired) electrons. The molecule has 1 rings (SSSR count). The Labute approximate surface area is 92.3 Å². The van der Waals surface area contributed by atoms with E-state index in [2.05, 4.69) is 0 Å². The Hall–Kier alpha value is -1.04. The first kappa shape index (κ1) is 11.0. The number of carbonyl (C=O) groups is 1. The molecule has 0 aliphatic heterocycles. The van der Waals surface area contributed by atoms with Crippen LogP contribution in [0.5, 0.6) is 0 Å². The van der Waals surface area contributed by atoms with E-state index in [0.717, 1.165) is 5.56 Å². The molecule has 0 unspecified atom stereocenters. The van der Waals surface area contributed by atoms with Gasteiger partial charge in [-0.1, -0.05) is 30.3 Å². The van der Waals surface area contributed by atoms with Crippen LogP contribution in [0.1, 0.15) is 12.5 Å². The first-order valence-electron chi connectivity index (χ1n) is 4.39. The van der Waals surface area contributed by atoms with Crippen molar-refractivity contribution in [1.29, 1.82) is 0 Å². The minimum atomic E-state index is 0.0698. The van der Waals surface area contributed by atoms with E-state index >= 15 is 0 Å². The number of benzene rings is 1. The van der Waals surface area contributed by atoms with Gasteiger partial charge in [0.25, 0.3) is 0 Å². The first-order valence-corrected chi connectivity index (χ1v) is 4.97. The van der Waals surface area contributed by atoms with Gasteiger partial charge < -0.3 is 3.79 Å². The SMILES string of the molecule is CC(=CC(=O)Cc1ccccc1)[O][AlH]. The van der Waals surface area contributed by atoms with Crippen LogP contribution in [0.25, 0.3) is 0 Å². The Balaban J connectivity index is 2.58. The third-order valence-corrected chi connectivity index (χ3v) is 2.27. The van der Waals surface area contributed by atoms with E-state index in [-0.39, 0.29) is 5.78 Å². The van der Waals surface area contributed by atoms with Gasteiger partial charge in [0.05, 0.1) is 5.76 Å². The molecule has 1 aromatic rings. The minimum absolute atomic E-state index is 0.0698. The molecule has 14 heavy (non-hydrogen) atoms. The van der Waals surface area contributed by atoms with Gasteiger partial charge in [0.15, 0.2) is 5.78 Å². The molecule has 0 heterocycles. The summed E-state index contributed by atoms with van der Waals surface area (Å²) in [7, 11) is 0. The monoisotopic (exact) mass is 203 g/mol. The standard InChI is InChI=1S/C11H12O2.Al.H/c1-9(12)7-11(13)8-10-5-3-2-4-6-10;;/h2-7,12H,8H2,1H3;;/q;+1;/p-1. The predicted octanol–water partition coefficient (Wildman–Crippen LogP) is 1.53. The molecule has 0 aliphatic rings. The molecule has 0 bridgehead atoms. The quantitative estimate of drug-likeness (QED) is 0.421. The lowest BCUT2D eigenvalue weighted by Crippen LogP contribution is -2.00. The number of rotatable bonds is 4. The molecule has 0 fully saturated rings. The van der Waals surface area contributed by atoms with E-state index in [9.17, 15) is 4.79 Å². The van der Waals surface area contributed by atoms with Gasteiger partial charge in [-0.05, 0) is 12.5 Å². The molecule has 71 valence electrons. The second kappa shape index (κ2) is 5.64. The van der Waals surface area contributed by atoms with Crippen molar-refractivity contribution in [3.05, 3.63) is 47.7 Å². The largest absolute Gasteiger partial charge is 0.653 e. The van der Waals surface area contributed by atoms with Crippen molar-refractivity contribution in [2.24, 2.45) is 0 Å². The van der Waals surface area contributed by atoms with Gasteiger partial charge in [-0.3, -0.25) is 4.79 Å². The Kier molecular flexibility index (Phi) is 4.45. The fraction of sp³-hybridized carbons (Fsp3) is 0.182. The lowest BCUT2D eigenvalue weighted by Gasteiger charge is -2.01. The van der Waals surface area contributed by atoms with Crippen LogP contribution in [0.4, 0.5) is 0 Å². The number of ketones is 1. The zero-order valence-electron chi connectivity index (χ0n) is 8.19. The number of hydrogen-bond donors (Lipinski definition) is 0. The molecule has 0 atom stereocenters. The lowest BCUT2D eigenvalue weighted by atomic mass is 10.1. The Bertz CT molecular complexity index is 330. The van der Waals surface area contributed by atoms with Crippen LogP contribution in [0, 0.1) is 0 Å². The summed E-state index contributed by atoms with van der Waals surface area (Å²) < 4.78 is 4.93. The normalized spacial score (nSPS) is 11.1. The lowest BCUT2D eigenvalue weighted by molar-refractivity contribution is -0.114. The van der Waals surface area contributed by atoms with E-state index in [1.54, 1.807) is 6.92 Å². The van der Waals surface area contributed by atoms with Crippen molar-refractivity contribution >= 4 is 22.4 Å². The summed E-state index contributed by atoms with van der Waals surface area (Å²) in [4.78, 5) is 11.4. The van der Waals surface area contributed by atoms with E-state index in [4.69, 9.17) is 3.79 Å². The highest BCUT2D eigenvalue weighted by atomic mass is 27.1. The Morgan fingerprint density at radius 3 is 2.64 bits per heavy atom. The first-order chi connectivity index (χ1) is 6.72. The highest BCUT2D eigenvalue weighted by Crippen LogP contribution is 2.02. The summed E-state index contributed by atoms with van der Waals surface area (Å²) in [6, 6.07) is 9.67. The molecule has 0 spiro atoms. The third kappa shape index (κ3) is 3.78. The average Bonchev–Trinajstić information content (AvgIpc) is 2.19. The Morgan fingerprint density at radius 1 is 1.43 bits per heavy atom. The zero-order chi connectivity index (χ0) is 10.4. The average molecular weight is 203 g/mol. The van der Waals surface area contributed by atoms with Crippen LogP contribution in [0.2, 0.25) is 0 Å². The molecule has 3 heteroatoms. The summed E-state index contributed by atoms with van der Waals surface area (Å²) in [6.45, 7) is 1.77. The second-order valence-corrected chi connectivity index (χ2v) is 3.32. The smallest absolute Gasteiger partial charge is 0.494 e. The molecule has 0 aliphatic carbocycles. The highest BCUT2D eigenvalue weighted by molar-refractivity contribution is 5.99. The number of hydrogen-bond acceptors (Lipinski definition) is 2. The molecular formula is C11H12AlO2. The molecule has 0 N–H and O–H groups in total. The predicted molar refractivity (Wildman–Crippen MR) is 57.1 cm³/mol. The molecular weight excluding hydrogens is 191 g/mol. The van der Waals surface area contributed by atoms with Crippen LogP contribution in [0.3, 0.4) is 0 Å². The van der Waals surface area contributed by atoms with Crippen molar-refractivity contribution < 1.29 is 8.58 Å². The van der Waals surface area contributed by atoms with E-state index in [0.29, 0.717) is 12.2 Å². The van der Waals surface area contributed by atoms with Gasteiger partial charge >= 0.3 is 16.6 Å². The summed E-state index contributed by atoms with van der Waals surface area (Å²) in [6.07, 6.45) is 1.96. The Morgan fingerprint density at radius 2 is 2.07 bits per heavy atom. The van der Waals surface area contributed by atoms with Crippen molar-refractivity contribution in [3.8, 4) is 0 Å². The summed E-state index contributed by atoms with van der Waals surface area (Å²) in [5, 5.41) is 0. The zero-order valence-corrected chi connectivity index (χ0v) is 9.61. The van der Waals surface area contributed by atoms with Gasteiger partial charge in [-0.2, -0.15) is 0 Å². The van der Waals surface area contributed by atoms with E-state index < -0.39 is 0 Å². The maximum absolute atomic E-state index is 11.4. The molecule has 0 saturated heterocycles. The second-order valence-electron chi connectivity index (χ2n) is 3.03. The van der Waals surface area contributed by atoms with Crippen molar-refractivity contribution in [3.63, 3.8) is 0 Å². The molecule has 0 saturated carbocycles. The van der Waals surface area contributed by atoms with E-state index in [1.165, 1.54) is 22.7 Å². The summed E-state index contributed by atoms with van der Waals surface area (Å²) in [5.74, 6) is 0.726. The van der Waals surface area contributed by atoms with Crippen LogP contribution >= 0.6 is 0 Å². The maximum atomic E-state index is 11.4. The summed E-state index contributed by atoms with van der Waals surface area (Å²) >= 11 is 1.37. The maximum Gasteiger partial charge on any atom is 0.494 e. The van der Waals surface area contributed by atoms with Crippen LogP contribution in [-0.2, 0) is 15.0 Å². The van der Waals surface area contributed by atoms with Crippen LogP contribution < -0.4 is 0 Å². The highest BCUT2D eigenvalue weighted by Gasteiger charge is 1.99. The van der Waals surface area contributed by atoms with Crippen LogP contribution in [-0.4, -0.2) is 22.4 Å². The van der Waals surface area contributed by atoms with E-state index in [1.807, 2.05) is 30.3 Å². The topological polar surface area (TPSA) is 26.3 Å². The van der Waals surface area contributed by atoms with Gasteiger partial charge in [0, 0.05) is 12.5 Å². The number of carbonyl (C=O) groups excluding carboxylic acids is 1. The van der Waals surface area contributed by atoms with Crippen LogP contribution in [0.15, 0.2) is 42.2 Å². The van der Waals surface area contributed by atoms with Gasteiger partial charge in [0.2, 0.25) is 0 Å². The van der Waals surface area contributed by atoms with Crippen molar-refractivity contribution in [2.45, 2.75) is 13.3 Å². The minimum Gasteiger partial charge on any atom is -0.653 e. The molecule has 1 aromatic carbocycles. The molecule has 2 nitrogen and oxygen atoms in total. The van der Waals surface area contributed by atoms with Gasteiger partial charge in [-0.25, -0.2) is 0 Å². The van der Waals surface area contributed by atoms with Crippen molar-refractivity contribution in [1.82, 2.24) is 0 Å². The fourth-order valence-electron chi connectivity index (χ4n) is 1.12.